The first-order valence-corrected chi connectivity index (χ1v) is 15.6. The number of benzene rings is 2. The maximum atomic E-state index is 14.4. The monoisotopic (exact) mass is 645 g/mol. The molecule has 1 aromatic heterocycles. The molecule has 2 aliphatic rings. The highest BCUT2D eigenvalue weighted by Gasteiger charge is 2.37. The number of carbonyl (C=O) groups is 2. The van der Waals surface area contributed by atoms with Crippen molar-refractivity contribution < 1.29 is 14.0 Å². The summed E-state index contributed by atoms with van der Waals surface area (Å²) in [5.41, 5.74) is 1.09. The van der Waals surface area contributed by atoms with Crippen molar-refractivity contribution in [2.45, 2.75) is 39.3 Å². The second kappa shape index (κ2) is 13.8. The van der Waals surface area contributed by atoms with E-state index in [1.807, 2.05) is 34.1 Å². The van der Waals surface area contributed by atoms with Crippen molar-refractivity contribution in [1.29, 1.82) is 5.26 Å². The number of anilines is 3. The van der Waals surface area contributed by atoms with Crippen molar-refractivity contribution in [3.8, 4) is 6.07 Å². The van der Waals surface area contributed by atoms with E-state index in [0.29, 0.717) is 59.1 Å². The van der Waals surface area contributed by atoms with E-state index in [-0.39, 0.29) is 25.2 Å². The highest BCUT2D eigenvalue weighted by Crippen LogP contribution is 2.35. The Kier molecular flexibility index (Phi) is 9.84. The molecule has 240 valence electrons. The van der Waals surface area contributed by atoms with E-state index in [1.54, 1.807) is 19.1 Å². The minimum Gasteiger partial charge on any atom is -0.352 e. The van der Waals surface area contributed by atoms with Crippen LogP contribution in [-0.4, -0.2) is 96.2 Å². The molecule has 3 heterocycles. The average molecular weight is 646 g/mol. The number of hydrogen-bond donors (Lipinski definition) is 0. The molecule has 2 aliphatic heterocycles. The molecule has 5 rings (SSSR count). The van der Waals surface area contributed by atoms with Crippen LogP contribution in [0.1, 0.15) is 36.3 Å². The molecule has 0 N–H and O–H groups in total. The summed E-state index contributed by atoms with van der Waals surface area (Å²) in [5, 5.41) is 16.8. The third-order valence-corrected chi connectivity index (χ3v) is 9.10. The Morgan fingerprint density at radius 1 is 1.11 bits per heavy atom. The van der Waals surface area contributed by atoms with Gasteiger partial charge in [-0.1, -0.05) is 56.3 Å². The molecular weight excluding hydrogens is 609 g/mol. The summed E-state index contributed by atoms with van der Waals surface area (Å²) in [6.45, 7) is 16.7. The van der Waals surface area contributed by atoms with Gasteiger partial charge in [-0.3, -0.25) is 14.5 Å². The fourth-order valence-corrected chi connectivity index (χ4v) is 6.57. The second-order valence-electron chi connectivity index (χ2n) is 11.3. The lowest BCUT2D eigenvalue weighted by molar-refractivity contribution is -0.131. The molecule has 13 heteroatoms. The van der Waals surface area contributed by atoms with Gasteiger partial charge in [0.1, 0.15) is 11.5 Å². The van der Waals surface area contributed by atoms with Gasteiger partial charge < -0.3 is 14.7 Å². The van der Waals surface area contributed by atoms with E-state index in [0.717, 1.165) is 18.5 Å². The quantitative estimate of drug-likeness (QED) is 0.176. The third kappa shape index (κ3) is 6.12. The molecule has 2 fully saturated rings. The molecule has 0 saturated carbocycles. The number of amides is 2. The van der Waals surface area contributed by atoms with Gasteiger partial charge in [0.2, 0.25) is 5.95 Å². The topological polar surface area (TPSA) is 112 Å². The van der Waals surface area contributed by atoms with Gasteiger partial charge in [0, 0.05) is 56.4 Å². The number of halogens is 2. The number of hydrazone groups is 1. The summed E-state index contributed by atoms with van der Waals surface area (Å²) in [7, 11) is 0. The Hall–Kier alpha value is -4.60. The molecule has 0 unspecified atom stereocenters. The van der Waals surface area contributed by atoms with Gasteiger partial charge in [-0.05, 0) is 37.5 Å². The lowest BCUT2D eigenvalue weighted by Crippen LogP contribution is -2.60. The van der Waals surface area contributed by atoms with Gasteiger partial charge in [0.05, 0.1) is 29.2 Å². The minimum absolute atomic E-state index is 0.00796. The number of nitriles is 1. The van der Waals surface area contributed by atoms with Crippen LogP contribution in [0.15, 0.2) is 53.9 Å². The molecule has 2 amide bonds. The largest absolute Gasteiger partial charge is 0.352 e. The van der Waals surface area contributed by atoms with Crippen LogP contribution in [0.5, 0.6) is 0 Å². The zero-order valence-electron chi connectivity index (χ0n) is 26.3. The van der Waals surface area contributed by atoms with Crippen molar-refractivity contribution in [2.24, 2.45) is 5.10 Å². The zero-order valence-corrected chi connectivity index (χ0v) is 27.0. The molecule has 0 spiro atoms. The Bertz CT molecular complexity index is 1710. The van der Waals surface area contributed by atoms with Crippen molar-refractivity contribution in [3.63, 3.8) is 0 Å². The van der Waals surface area contributed by atoms with Crippen LogP contribution in [0.25, 0.3) is 10.8 Å². The van der Waals surface area contributed by atoms with E-state index < -0.39 is 23.7 Å². The summed E-state index contributed by atoms with van der Waals surface area (Å²) >= 11 is 6.60. The lowest BCUT2D eigenvalue weighted by Gasteiger charge is -2.45. The highest BCUT2D eigenvalue weighted by molar-refractivity contribution is 6.37. The Morgan fingerprint density at radius 2 is 1.80 bits per heavy atom. The van der Waals surface area contributed by atoms with Crippen molar-refractivity contribution in [2.75, 3.05) is 60.6 Å². The summed E-state index contributed by atoms with van der Waals surface area (Å²) in [4.78, 5) is 44.3. The predicted octanol–water partition coefficient (Wildman–Crippen LogP) is 4.80. The molecule has 2 saturated heterocycles. The zero-order chi connectivity index (χ0) is 33.1. The molecule has 11 nitrogen and oxygen atoms in total. The number of fused-ring (bicyclic) bond motifs is 1. The van der Waals surface area contributed by atoms with Gasteiger partial charge >= 0.3 is 0 Å². The number of carbonyl (C=O) groups excluding carboxylic acids is 2. The summed E-state index contributed by atoms with van der Waals surface area (Å²) < 4.78 is 13.8. The lowest BCUT2D eigenvalue weighted by atomic mass is 10.1. The van der Waals surface area contributed by atoms with E-state index in [2.05, 4.69) is 43.2 Å². The smallest absolute Gasteiger partial charge is 0.297 e. The molecule has 0 radical (unpaired) electrons. The van der Waals surface area contributed by atoms with Crippen molar-refractivity contribution in [1.82, 2.24) is 19.8 Å². The van der Waals surface area contributed by atoms with Crippen LogP contribution in [0.3, 0.4) is 0 Å². The summed E-state index contributed by atoms with van der Waals surface area (Å²) in [5.74, 6) is -1.54. The fourth-order valence-electron chi connectivity index (χ4n) is 6.29. The van der Waals surface area contributed by atoms with Gasteiger partial charge in [-0.2, -0.15) is 20.4 Å². The number of rotatable bonds is 10. The van der Waals surface area contributed by atoms with Crippen LogP contribution < -0.4 is 14.8 Å². The second-order valence-corrected chi connectivity index (χ2v) is 11.7. The van der Waals surface area contributed by atoms with E-state index in [4.69, 9.17) is 21.6 Å². The molecule has 46 heavy (non-hydrogen) atoms. The minimum atomic E-state index is -1.07. The van der Waals surface area contributed by atoms with Crippen LogP contribution in [0.2, 0.25) is 5.02 Å². The number of nitrogens with zero attached hydrogens (tertiary/aromatic N) is 9. The maximum absolute atomic E-state index is 14.4. The SMILES string of the molecule is C=NN(C(=O)c1nc(N2CC(N(CC)CC)C2)nc(N2CCN(C(=O)C(=C)F)[C@@H](CC#N)C2)c1C)c1cccc2cccc(Cl)c12. The van der Waals surface area contributed by atoms with Gasteiger partial charge in [0.15, 0.2) is 5.83 Å². The summed E-state index contributed by atoms with van der Waals surface area (Å²) in [6.07, 6.45) is -0.00796. The number of likely N-dealkylation sites (N-methyl/N-ethyl adjacent to an activating group) is 1. The summed E-state index contributed by atoms with van der Waals surface area (Å²) in [6, 6.07) is 12.8. The molecule has 1 atom stereocenters. The van der Waals surface area contributed by atoms with Crippen LogP contribution in [0.4, 0.5) is 21.8 Å². The average Bonchev–Trinajstić information content (AvgIpc) is 3.03. The van der Waals surface area contributed by atoms with Crippen molar-refractivity contribution in [3.05, 3.63) is 65.1 Å². The maximum Gasteiger partial charge on any atom is 0.297 e. The van der Waals surface area contributed by atoms with E-state index in [9.17, 15) is 19.2 Å². The molecule has 2 aromatic carbocycles. The third-order valence-electron chi connectivity index (χ3n) is 8.78. The first kappa shape index (κ1) is 32.8. The Morgan fingerprint density at radius 3 is 2.43 bits per heavy atom. The standard InChI is InChI=1S/C33H37ClFN9O2/c1-6-40(7-2)25-19-42(20-25)33-38-29(32(46)44(37-5)27-13-9-11-23-10-8-12-26(34)28(23)27)21(3)30(39-33)41-16-17-43(31(45)22(4)35)24(18-41)14-15-36/h8-13,24-25H,4-7,14,16-20H2,1-3H3/t24-/m0/s1. The number of aromatic nitrogens is 2. The molecule has 0 bridgehead atoms. The predicted molar refractivity (Wildman–Crippen MR) is 179 cm³/mol. The van der Waals surface area contributed by atoms with Crippen LogP contribution >= 0.6 is 11.6 Å². The van der Waals surface area contributed by atoms with Crippen LogP contribution in [-0.2, 0) is 4.79 Å². The molecule has 0 aliphatic carbocycles. The first-order valence-electron chi connectivity index (χ1n) is 15.3. The van der Waals surface area contributed by atoms with E-state index in [1.165, 1.54) is 9.91 Å². The van der Waals surface area contributed by atoms with Gasteiger partial charge in [-0.15, -0.1) is 0 Å². The van der Waals surface area contributed by atoms with Crippen molar-refractivity contribution >= 4 is 58.4 Å². The van der Waals surface area contributed by atoms with E-state index >= 15 is 0 Å². The molecular formula is C33H37ClFN9O2. The first-order chi connectivity index (χ1) is 22.1. The normalized spacial score (nSPS) is 16.7. The number of hydrogen-bond acceptors (Lipinski definition) is 9. The van der Waals surface area contributed by atoms with Crippen LogP contribution in [0, 0.1) is 18.3 Å². The fraction of sp³-hybridized carbons (Fsp3) is 0.394. The van der Waals surface area contributed by atoms with Gasteiger partial charge in [-0.25, -0.2) is 9.37 Å². The molecule has 3 aromatic rings. The number of piperazine rings is 1. The van der Waals surface area contributed by atoms with Gasteiger partial charge in [0.25, 0.3) is 11.8 Å². The Balaban J connectivity index is 1.57. The highest BCUT2D eigenvalue weighted by atomic mass is 35.5. The Labute approximate surface area is 273 Å².